The molecule has 3 aliphatic rings. The van der Waals surface area contributed by atoms with Crippen LogP contribution in [0.1, 0.15) is 44.9 Å². The number of hydrogen-bond donors (Lipinski definition) is 3. The Kier molecular flexibility index (Phi) is 4.89. The molecule has 0 saturated carbocycles. The molecule has 0 aromatic carbocycles. The van der Waals surface area contributed by atoms with Crippen molar-refractivity contribution in [2.24, 2.45) is 16.6 Å². The van der Waals surface area contributed by atoms with Gasteiger partial charge in [-0.05, 0) is 50.5 Å². The van der Waals surface area contributed by atoms with Gasteiger partial charge in [0, 0.05) is 30.4 Å². The number of carboxylic acids is 2. The van der Waals surface area contributed by atoms with E-state index in [1.54, 1.807) is 0 Å². The van der Waals surface area contributed by atoms with Gasteiger partial charge in [0.05, 0.1) is 0 Å². The smallest absolute Gasteiger partial charge is 0.328 e. The van der Waals surface area contributed by atoms with Gasteiger partial charge in [-0.15, -0.1) is 0 Å². The number of piperidine rings is 1. The summed E-state index contributed by atoms with van der Waals surface area (Å²) in [5.74, 6) is -1.62. The first kappa shape index (κ1) is 17.0. The fourth-order valence-corrected chi connectivity index (χ4v) is 4.14. The Morgan fingerprint density at radius 3 is 2.79 bits per heavy atom. The van der Waals surface area contributed by atoms with Gasteiger partial charge in [-0.3, -0.25) is 9.79 Å². The number of carboxylic acid groups (broad SMARTS) is 2. The molecule has 0 spiro atoms. The zero-order chi connectivity index (χ0) is 17.3. The predicted molar refractivity (Wildman–Crippen MR) is 88.9 cm³/mol. The highest BCUT2D eigenvalue weighted by molar-refractivity contribution is 6.04. The van der Waals surface area contributed by atoms with E-state index in [0.717, 1.165) is 37.1 Å². The zero-order valence-corrected chi connectivity index (χ0v) is 13.7. The second-order valence-corrected chi connectivity index (χ2v) is 6.99. The fraction of sp³-hybridized carbons (Fsp3) is 0.706. The van der Waals surface area contributed by atoms with Crippen molar-refractivity contribution in [1.29, 1.82) is 0 Å². The van der Waals surface area contributed by atoms with Crippen molar-refractivity contribution in [3.8, 4) is 0 Å². The highest BCUT2D eigenvalue weighted by atomic mass is 16.4. The number of carbonyl (C=O) groups is 2. The molecule has 3 rings (SSSR count). The molecule has 7 heteroatoms. The molecule has 7 nitrogen and oxygen atoms in total. The van der Waals surface area contributed by atoms with Crippen LogP contribution in [0.4, 0.5) is 0 Å². The molecule has 0 aliphatic carbocycles. The van der Waals surface area contributed by atoms with Gasteiger partial charge < -0.3 is 20.8 Å². The Morgan fingerprint density at radius 2 is 2.08 bits per heavy atom. The first-order valence-electron chi connectivity index (χ1n) is 8.73. The van der Waals surface area contributed by atoms with Crippen molar-refractivity contribution in [2.75, 3.05) is 6.54 Å². The van der Waals surface area contributed by atoms with Crippen LogP contribution in [-0.2, 0) is 9.59 Å². The second-order valence-electron chi connectivity index (χ2n) is 6.99. The van der Waals surface area contributed by atoms with E-state index >= 15 is 0 Å². The molecular weight excluding hydrogens is 310 g/mol. The van der Waals surface area contributed by atoms with Crippen LogP contribution >= 0.6 is 0 Å². The van der Waals surface area contributed by atoms with E-state index in [-0.39, 0.29) is 5.92 Å². The third-order valence-corrected chi connectivity index (χ3v) is 5.43. The van der Waals surface area contributed by atoms with Crippen molar-refractivity contribution in [3.63, 3.8) is 0 Å². The number of allylic oxidation sites excluding steroid dienone is 1. The second kappa shape index (κ2) is 6.93. The van der Waals surface area contributed by atoms with E-state index in [2.05, 4.69) is 16.1 Å². The van der Waals surface area contributed by atoms with Crippen molar-refractivity contribution in [3.05, 3.63) is 11.8 Å². The largest absolute Gasteiger partial charge is 0.480 e. The lowest BCUT2D eigenvalue weighted by atomic mass is 9.75. The summed E-state index contributed by atoms with van der Waals surface area (Å²) >= 11 is 0. The topological polar surface area (TPSA) is 116 Å². The highest BCUT2D eigenvalue weighted by Crippen LogP contribution is 2.38. The maximum absolute atomic E-state index is 11.3. The number of nitrogens with zero attached hydrogens (tertiary/aromatic N) is 2. The van der Waals surface area contributed by atoms with Gasteiger partial charge in [0.1, 0.15) is 12.1 Å². The molecule has 132 valence electrons. The third kappa shape index (κ3) is 3.31. The standard InChI is InChI=1S/C17H25N3O4/c18-12(16(21)22)6-4-10-9-20-8-2-1-3-14(20)11-5-7-13(17(23)24)19-15(10)11/h9,11-14H,1-8,18H2,(H,21,22)(H,23,24)/t11-,12-,13-,14-/m0/s1. The van der Waals surface area contributed by atoms with Gasteiger partial charge in [0.2, 0.25) is 0 Å². The molecule has 1 saturated heterocycles. The lowest BCUT2D eigenvalue weighted by Gasteiger charge is -2.46. The van der Waals surface area contributed by atoms with Gasteiger partial charge in [0.15, 0.2) is 0 Å². The van der Waals surface area contributed by atoms with Crippen LogP contribution in [0.15, 0.2) is 16.8 Å². The van der Waals surface area contributed by atoms with E-state index in [0.29, 0.717) is 25.3 Å². The maximum atomic E-state index is 11.3. The Morgan fingerprint density at radius 1 is 1.29 bits per heavy atom. The minimum absolute atomic E-state index is 0.266. The van der Waals surface area contributed by atoms with E-state index in [4.69, 9.17) is 10.8 Å². The first-order valence-corrected chi connectivity index (χ1v) is 8.73. The lowest BCUT2D eigenvalue weighted by Crippen LogP contribution is -2.50. The Bertz CT molecular complexity index is 586. The number of hydrogen-bond acceptors (Lipinski definition) is 5. The summed E-state index contributed by atoms with van der Waals surface area (Å²) in [6.45, 7) is 1.01. The van der Waals surface area contributed by atoms with Gasteiger partial charge in [-0.1, -0.05) is 0 Å². The van der Waals surface area contributed by atoms with E-state index in [1.165, 1.54) is 6.42 Å². The Hall–Kier alpha value is -1.89. The normalized spacial score (nSPS) is 30.5. The summed E-state index contributed by atoms with van der Waals surface area (Å²) in [5.41, 5.74) is 7.49. The lowest BCUT2D eigenvalue weighted by molar-refractivity contribution is -0.139. The average Bonchev–Trinajstić information content (AvgIpc) is 2.58. The molecule has 0 amide bonds. The Labute approximate surface area is 141 Å². The van der Waals surface area contributed by atoms with Crippen molar-refractivity contribution < 1.29 is 19.8 Å². The summed E-state index contributed by atoms with van der Waals surface area (Å²) in [4.78, 5) is 29.2. The van der Waals surface area contributed by atoms with Crippen LogP contribution in [-0.4, -0.2) is 57.4 Å². The molecule has 24 heavy (non-hydrogen) atoms. The molecule has 1 fully saturated rings. The summed E-state index contributed by atoms with van der Waals surface area (Å²) < 4.78 is 0. The van der Waals surface area contributed by atoms with Crippen LogP contribution in [0.25, 0.3) is 0 Å². The summed E-state index contributed by atoms with van der Waals surface area (Å²) in [6, 6.07) is -1.17. The van der Waals surface area contributed by atoms with Gasteiger partial charge >= 0.3 is 11.9 Å². The molecule has 4 atom stereocenters. The number of rotatable bonds is 5. The molecule has 4 N–H and O–H groups in total. The first-order chi connectivity index (χ1) is 11.5. The van der Waals surface area contributed by atoms with Crippen LogP contribution < -0.4 is 5.73 Å². The van der Waals surface area contributed by atoms with Crippen LogP contribution in [0.5, 0.6) is 0 Å². The van der Waals surface area contributed by atoms with Gasteiger partial charge in [-0.25, -0.2) is 4.79 Å². The van der Waals surface area contributed by atoms with Crippen LogP contribution in [0.3, 0.4) is 0 Å². The molecule has 0 radical (unpaired) electrons. The van der Waals surface area contributed by atoms with Crippen LogP contribution in [0, 0.1) is 5.92 Å². The SMILES string of the molecule is N[C@@H](CCC1=CN2CCCC[C@H]2[C@@H]2CC[C@@H](C(=O)O)N=C12)C(=O)O. The number of aliphatic carboxylic acids is 2. The quantitative estimate of drug-likeness (QED) is 0.696. The molecule has 0 aromatic rings. The van der Waals surface area contributed by atoms with Gasteiger partial charge in [-0.2, -0.15) is 0 Å². The molecule has 0 unspecified atom stereocenters. The van der Waals surface area contributed by atoms with Crippen molar-refractivity contribution in [1.82, 2.24) is 4.90 Å². The van der Waals surface area contributed by atoms with Crippen molar-refractivity contribution in [2.45, 2.75) is 63.1 Å². The minimum Gasteiger partial charge on any atom is -0.480 e. The number of fused-ring (bicyclic) bond motifs is 3. The van der Waals surface area contributed by atoms with Crippen molar-refractivity contribution >= 4 is 17.7 Å². The van der Waals surface area contributed by atoms with Gasteiger partial charge in [0.25, 0.3) is 0 Å². The zero-order valence-electron chi connectivity index (χ0n) is 13.7. The van der Waals surface area contributed by atoms with E-state index in [1.807, 2.05) is 0 Å². The maximum Gasteiger partial charge on any atom is 0.328 e. The third-order valence-electron chi connectivity index (χ3n) is 5.43. The minimum atomic E-state index is -1.01. The Balaban J connectivity index is 1.86. The molecular formula is C17H25N3O4. The fourth-order valence-electron chi connectivity index (χ4n) is 4.14. The monoisotopic (exact) mass is 335 g/mol. The summed E-state index contributed by atoms with van der Waals surface area (Å²) in [6.07, 6.45) is 7.82. The number of aliphatic imine (C=N–C) groups is 1. The highest BCUT2D eigenvalue weighted by Gasteiger charge is 2.40. The molecule has 3 heterocycles. The van der Waals surface area contributed by atoms with E-state index in [9.17, 15) is 14.7 Å². The summed E-state index contributed by atoms with van der Waals surface area (Å²) in [5, 5.41) is 18.3. The molecule has 0 bridgehead atoms. The molecule has 3 aliphatic heterocycles. The van der Waals surface area contributed by atoms with Crippen LogP contribution in [0.2, 0.25) is 0 Å². The summed E-state index contributed by atoms with van der Waals surface area (Å²) in [7, 11) is 0. The van der Waals surface area contributed by atoms with E-state index < -0.39 is 24.0 Å². The predicted octanol–water partition coefficient (Wildman–Crippen LogP) is 1.23. The average molecular weight is 335 g/mol. The number of nitrogens with two attached hydrogens (primary N) is 1. The molecule has 0 aromatic heterocycles.